The average molecular weight is 319 g/mol. The summed E-state index contributed by atoms with van der Waals surface area (Å²) >= 11 is 0. The molecule has 1 N–H and O–H groups in total. The second-order valence-corrected chi connectivity index (χ2v) is 8.15. The number of hydrogen-bond donors (Lipinski definition) is 1. The number of hydrogen-bond acceptors (Lipinski definition) is 3. The van der Waals surface area contributed by atoms with Gasteiger partial charge >= 0.3 is 0 Å². The molecule has 0 saturated heterocycles. The summed E-state index contributed by atoms with van der Waals surface area (Å²) in [6.07, 6.45) is 2.12. The zero-order chi connectivity index (χ0) is 17.1. The van der Waals surface area contributed by atoms with E-state index in [4.69, 9.17) is 9.47 Å². The van der Waals surface area contributed by atoms with E-state index in [1.807, 2.05) is 18.2 Å². The van der Waals surface area contributed by atoms with Gasteiger partial charge in [0.15, 0.2) is 11.5 Å². The highest BCUT2D eigenvalue weighted by atomic mass is 16.6. The molecule has 0 radical (unpaired) electrons. The van der Waals surface area contributed by atoms with Gasteiger partial charge in [-0.3, -0.25) is 4.79 Å². The minimum atomic E-state index is -0.192. The van der Waals surface area contributed by atoms with Gasteiger partial charge in [-0.05, 0) is 49.8 Å². The number of carbonyl (C=O) groups is 1. The molecule has 0 aliphatic carbocycles. The van der Waals surface area contributed by atoms with E-state index in [0.29, 0.717) is 26.1 Å². The largest absolute Gasteiger partial charge is 0.486 e. The molecule has 4 heteroatoms. The van der Waals surface area contributed by atoms with Gasteiger partial charge in [0, 0.05) is 12.0 Å². The quantitative estimate of drug-likeness (QED) is 0.900. The van der Waals surface area contributed by atoms with E-state index in [1.54, 1.807) is 0 Å². The molecule has 1 amide bonds. The predicted octanol–water partition coefficient (Wildman–Crippen LogP) is 3.72. The van der Waals surface area contributed by atoms with E-state index in [-0.39, 0.29) is 16.9 Å². The fourth-order valence-electron chi connectivity index (χ4n) is 3.31. The van der Waals surface area contributed by atoms with E-state index >= 15 is 0 Å². The maximum atomic E-state index is 12.2. The van der Waals surface area contributed by atoms with Crippen molar-refractivity contribution in [3.05, 3.63) is 23.8 Å². The third-order valence-electron chi connectivity index (χ3n) is 3.70. The molecule has 1 aromatic carbocycles. The molecule has 0 aromatic heterocycles. The molecule has 128 valence electrons. The van der Waals surface area contributed by atoms with E-state index in [9.17, 15) is 4.79 Å². The molecule has 0 saturated carbocycles. The van der Waals surface area contributed by atoms with Crippen molar-refractivity contribution >= 4 is 5.91 Å². The lowest BCUT2D eigenvalue weighted by molar-refractivity contribution is -0.122. The number of fused-ring (bicyclic) bond motifs is 1. The van der Waals surface area contributed by atoms with Crippen LogP contribution in [0.1, 0.15) is 53.0 Å². The smallest absolute Gasteiger partial charge is 0.220 e. The molecule has 0 atom stereocenters. The van der Waals surface area contributed by atoms with E-state index < -0.39 is 0 Å². The maximum Gasteiger partial charge on any atom is 0.220 e. The summed E-state index contributed by atoms with van der Waals surface area (Å²) in [5, 5.41) is 3.15. The lowest BCUT2D eigenvalue weighted by atomic mass is 9.81. The van der Waals surface area contributed by atoms with Crippen molar-refractivity contribution in [1.29, 1.82) is 0 Å². The van der Waals surface area contributed by atoms with E-state index in [2.05, 4.69) is 39.9 Å². The maximum absolute atomic E-state index is 12.2. The molecule has 1 aliphatic heterocycles. The Bertz CT molecular complexity index is 558. The molecule has 2 rings (SSSR count). The Balaban J connectivity index is 1.87. The molecule has 0 bridgehead atoms. The number of benzene rings is 1. The van der Waals surface area contributed by atoms with Gasteiger partial charge in [-0.15, -0.1) is 0 Å². The van der Waals surface area contributed by atoms with Gasteiger partial charge in [-0.2, -0.15) is 0 Å². The first-order valence-corrected chi connectivity index (χ1v) is 8.34. The highest BCUT2D eigenvalue weighted by Gasteiger charge is 2.26. The Morgan fingerprint density at radius 3 is 2.39 bits per heavy atom. The number of amides is 1. The van der Waals surface area contributed by atoms with E-state index in [0.717, 1.165) is 23.5 Å². The lowest BCUT2D eigenvalue weighted by Gasteiger charge is -2.33. The summed E-state index contributed by atoms with van der Waals surface area (Å²) in [5.74, 6) is 1.66. The minimum absolute atomic E-state index is 0.0918. The molecule has 1 heterocycles. The summed E-state index contributed by atoms with van der Waals surface area (Å²) in [6.45, 7) is 11.9. The van der Waals surface area contributed by atoms with Gasteiger partial charge in [0.2, 0.25) is 5.91 Å². The van der Waals surface area contributed by atoms with E-state index in [1.165, 1.54) is 0 Å². The van der Waals surface area contributed by atoms with Crippen molar-refractivity contribution in [2.75, 3.05) is 13.2 Å². The van der Waals surface area contributed by atoms with Crippen molar-refractivity contribution < 1.29 is 14.3 Å². The van der Waals surface area contributed by atoms with Crippen molar-refractivity contribution in [2.45, 2.75) is 59.4 Å². The first kappa shape index (κ1) is 17.6. The Kier molecular flexibility index (Phi) is 5.23. The van der Waals surface area contributed by atoms with Crippen LogP contribution >= 0.6 is 0 Å². The first-order valence-electron chi connectivity index (χ1n) is 8.34. The minimum Gasteiger partial charge on any atom is -0.486 e. The first-order chi connectivity index (χ1) is 10.6. The molecule has 0 spiro atoms. The van der Waals surface area contributed by atoms with Gasteiger partial charge in [0.25, 0.3) is 0 Å². The molecule has 1 aromatic rings. The van der Waals surface area contributed by atoms with Crippen molar-refractivity contribution in [3.63, 3.8) is 0 Å². The van der Waals surface area contributed by atoms with Crippen LogP contribution < -0.4 is 14.8 Å². The van der Waals surface area contributed by atoms with Crippen LogP contribution in [-0.4, -0.2) is 24.7 Å². The van der Waals surface area contributed by atoms with Crippen LogP contribution in [0.4, 0.5) is 0 Å². The molecular formula is C19H29NO3. The third kappa shape index (κ3) is 5.77. The van der Waals surface area contributed by atoms with Gasteiger partial charge in [-0.1, -0.05) is 26.8 Å². The summed E-state index contributed by atoms with van der Waals surface area (Å²) in [5.41, 5.74) is 1.09. The fraction of sp³-hybridized carbons (Fsp3) is 0.632. The van der Waals surface area contributed by atoms with Crippen LogP contribution in [0.2, 0.25) is 0 Å². The highest BCUT2D eigenvalue weighted by molar-refractivity contribution is 5.77. The molecule has 4 nitrogen and oxygen atoms in total. The van der Waals surface area contributed by atoms with Crippen LogP contribution in [0, 0.1) is 5.41 Å². The Labute approximate surface area is 139 Å². The highest BCUT2D eigenvalue weighted by Crippen LogP contribution is 2.31. The number of carbonyl (C=O) groups excluding carboxylic acids is 1. The molecule has 23 heavy (non-hydrogen) atoms. The second kappa shape index (κ2) is 6.81. The summed E-state index contributed by atoms with van der Waals surface area (Å²) < 4.78 is 11.1. The molecule has 0 fully saturated rings. The fourth-order valence-corrected chi connectivity index (χ4v) is 3.31. The normalized spacial score (nSPS) is 14.5. The molecular weight excluding hydrogens is 290 g/mol. The predicted molar refractivity (Wildman–Crippen MR) is 92.0 cm³/mol. The third-order valence-corrected chi connectivity index (χ3v) is 3.70. The SMILES string of the molecule is CC(C)(C)CC(C)(C)NC(=O)CCc1ccc2c(c1)OCCO2. The zero-order valence-corrected chi connectivity index (χ0v) is 15.0. The number of aryl methyl sites for hydroxylation is 1. The van der Waals surface area contributed by atoms with Gasteiger partial charge < -0.3 is 14.8 Å². The molecule has 1 aliphatic rings. The second-order valence-electron chi connectivity index (χ2n) is 8.15. The number of ether oxygens (including phenoxy) is 2. The van der Waals surface area contributed by atoms with Gasteiger partial charge in [0.1, 0.15) is 13.2 Å². The Morgan fingerprint density at radius 1 is 1.09 bits per heavy atom. The summed E-state index contributed by atoms with van der Waals surface area (Å²) in [6, 6.07) is 5.90. The number of nitrogens with one attached hydrogen (secondary N) is 1. The van der Waals surface area contributed by atoms with Gasteiger partial charge in [-0.25, -0.2) is 0 Å². The number of rotatable bonds is 5. The van der Waals surface area contributed by atoms with Gasteiger partial charge in [0.05, 0.1) is 0 Å². The molecule has 0 unspecified atom stereocenters. The van der Waals surface area contributed by atoms with Crippen LogP contribution in [0.5, 0.6) is 11.5 Å². The summed E-state index contributed by atoms with van der Waals surface area (Å²) in [7, 11) is 0. The standard InChI is InChI=1S/C19H29NO3/c1-18(2,3)13-19(4,5)20-17(21)9-7-14-6-8-15-16(12-14)23-11-10-22-15/h6,8,12H,7,9-11,13H2,1-5H3,(H,20,21). The van der Waals surface area contributed by atoms with Crippen LogP contribution in [0.25, 0.3) is 0 Å². The van der Waals surface area contributed by atoms with Crippen molar-refractivity contribution in [1.82, 2.24) is 5.32 Å². The zero-order valence-electron chi connectivity index (χ0n) is 15.0. The van der Waals surface area contributed by atoms with Crippen LogP contribution in [0.15, 0.2) is 18.2 Å². The Hall–Kier alpha value is -1.71. The Morgan fingerprint density at radius 2 is 1.74 bits per heavy atom. The van der Waals surface area contributed by atoms with Crippen molar-refractivity contribution in [2.24, 2.45) is 5.41 Å². The summed E-state index contributed by atoms with van der Waals surface area (Å²) in [4.78, 5) is 12.2. The monoisotopic (exact) mass is 319 g/mol. The van der Waals surface area contributed by atoms with Crippen LogP contribution in [-0.2, 0) is 11.2 Å². The van der Waals surface area contributed by atoms with Crippen LogP contribution in [0.3, 0.4) is 0 Å². The van der Waals surface area contributed by atoms with Crippen molar-refractivity contribution in [3.8, 4) is 11.5 Å². The lowest BCUT2D eigenvalue weighted by Crippen LogP contribution is -2.45. The average Bonchev–Trinajstić information content (AvgIpc) is 2.41. The topological polar surface area (TPSA) is 47.6 Å².